The average Bonchev–Trinajstić information content (AvgIpc) is 2.64. The third kappa shape index (κ3) is 4.82. The Bertz CT molecular complexity index is 674. The van der Waals surface area contributed by atoms with Crippen LogP contribution < -0.4 is 0 Å². The molecule has 0 nitrogen and oxygen atoms in total. The fraction of sp³-hybridized carbons (Fsp3) is 0.217. The maximum Gasteiger partial charge on any atom is -0.00975 e. The van der Waals surface area contributed by atoms with Gasteiger partial charge in [-0.2, -0.15) is 0 Å². The van der Waals surface area contributed by atoms with Crippen molar-refractivity contribution in [1.82, 2.24) is 0 Å². The summed E-state index contributed by atoms with van der Waals surface area (Å²) < 4.78 is 0. The van der Waals surface area contributed by atoms with Crippen molar-refractivity contribution in [2.24, 2.45) is 0 Å². The highest BCUT2D eigenvalue weighted by molar-refractivity contribution is 5.30. The molecule has 2 aromatic rings. The van der Waals surface area contributed by atoms with E-state index in [1.807, 2.05) is 0 Å². The molecule has 0 heterocycles. The number of benzene rings is 2. The van der Waals surface area contributed by atoms with E-state index >= 15 is 0 Å². The van der Waals surface area contributed by atoms with Crippen LogP contribution in [0, 0.1) is 0 Å². The van der Waals surface area contributed by atoms with Gasteiger partial charge in [0.05, 0.1) is 0 Å². The molecule has 1 atom stereocenters. The molecule has 0 N–H and O–H groups in total. The first-order chi connectivity index (χ1) is 11.4. The lowest BCUT2D eigenvalue weighted by Gasteiger charge is -2.16. The Morgan fingerprint density at radius 2 is 1.61 bits per heavy atom. The number of aryl methyl sites for hydroxylation is 1. The second-order valence-electron chi connectivity index (χ2n) is 6.14. The molecule has 116 valence electrons. The molecule has 0 fully saturated rings. The first kappa shape index (κ1) is 15.6. The molecule has 0 heteroatoms. The minimum absolute atomic E-state index is 0.586. The van der Waals surface area contributed by atoms with E-state index in [-0.39, 0.29) is 0 Å². The minimum atomic E-state index is 0.586. The highest BCUT2D eigenvalue weighted by Gasteiger charge is 2.10. The van der Waals surface area contributed by atoms with Crippen molar-refractivity contribution in [1.29, 1.82) is 0 Å². The van der Waals surface area contributed by atoms with Crippen LogP contribution in [0.5, 0.6) is 0 Å². The summed E-state index contributed by atoms with van der Waals surface area (Å²) in [6.07, 6.45) is 15.7. The maximum absolute atomic E-state index is 2.42. The van der Waals surface area contributed by atoms with Crippen LogP contribution in [0.4, 0.5) is 0 Å². The van der Waals surface area contributed by atoms with E-state index in [4.69, 9.17) is 0 Å². The molecular formula is C23H24. The summed E-state index contributed by atoms with van der Waals surface area (Å²) in [5.74, 6) is 0.586. The zero-order valence-corrected chi connectivity index (χ0v) is 13.6. The fourth-order valence-electron chi connectivity index (χ4n) is 3.11. The summed E-state index contributed by atoms with van der Waals surface area (Å²) >= 11 is 0. The molecule has 0 amide bonds. The first-order valence-corrected chi connectivity index (χ1v) is 8.53. The van der Waals surface area contributed by atoms with Crippen molar-refractivity contribution in [3.63, 3.8) is 0 Å². The zero-order valence-electron chi connectivity index (χ0n) is 13.6. The lowest BCUT2D eigenvalue weighted by molar-refractivity contribution is 0.631. The van der Waals surface area contributed by atoms with Gasteiger partial charge in [0.25, 0.3) is 0 Å². The second-order valence-corrected chi connectivity index (χ2v) is 6.14. The van der Waals surface area contributed by atoms with E-state index in [2.05, 4.69) is 91.0 Å². The Morgan fingerprint density at radius 3 is 2.30 bits per heavy atom. The van der Waals surface area contributed by atoms with Crippen molar-refractivity contribution in [2.45, 2.75) is 31.6 Å². The number of rotatable bonds is 6. The zero-order chi connectivity index (χ0) is 15.7. The molecule has 1 unspecified atom stereocenters. The normalized spacial score (nSPS) is 16.6. The van der Waals surface area contributed by atoms with Gasteiger partial charge in [-0.05, 0) is 48.3 Å². The summed E-state index contributed by atoms with van der Waals surface area (Å²) in [5, 5.41) is 0. The van der Waals surface area contributed by atoms with E-state index in [9.17, 15) is 0 Å². The Hall–Kier alpha value is -2.34. The molecule has 0 saturated carbocycles. The highest BCUT2D eigenvalue weighted by atomic mass is 14.2. The smallest absolute Gasteiger partial charge is 0.00975 e. The van der Waals surface area contributed by atoms with E-state index in [1.54, 1.807) is 0 Å². The van der Waals surface area contributed by atoms with E-state index in [1.165, 1.54) is 23.1 Å². The van der Waals surface area contributed by atoms with E-state index in [0.717, 1.165) is 19.3 Å². The molecule has 2 aromatic carbocycles. The molecule has 1 aliphatic rings. The standard InChI is InChI=1S/C23H24/c1-4-10-20(11-5-1)16-18-23(22-14-8-3-9-15-22)19-17-21-12-6-2-7-13-21/h1-12,14-15,17,23H,13,16,18-19H2/b21-17-. The Balaban J connectivity index is 1.69. The van der Waals surface area contributed by atoms with Gasteiger partial charge in [0.15, 0.2) is 0 Å². The van der Waals surface area contributed by atoms with Crippen molar-refractivity contribution in [3.05, 3.63) is 108 Å². The summed E-state index contributed by atoms with van der Waals surface area (Å²) in [5.41, 5.74) is 4.32. The van der Waals surface area contributed by atoms with Gasteiger partial charge in [-0.3, -0.25) is 0 Å². The topological polar surface area (TPSA) is 0 Å². The SMILES string of the molecule is C1=CC/C(=C\CC(CCc2ccccc2)c2ccccc2)C=C1. The Kier molecular flexibility index (Phi) is 5.64. The van der Waals surface area contributed by atoms with Gasteiger partial charge in [-0.25, -0.2) is 0 Å². The third-order valence-electron chi connectivity index (χ3n) is 4.47. The summed E-state index contributed by atoms with van der Waals surface area (Å²) in [6, 6.07) is 21.8. The van der Waals surface area contributed by atoms with E-state index < -0.39 is 0 Å². The van der Waals surface area contributed by atoms with Gasteiger partial charge in [-0.1, -0.05) is 91.0 Å². The highest BCUT2D eigenvalue weighted by Crippen LogP contribution is 2.27. The molecule has 0 saturated heterocycles. The minimum Gasteiger partial charge on any atom is -0.0804 e. The molecule has 0 bridgehead atoms. The van der Waals surface area contributed by atoms with Crippen LogP contribution in [0.1, 0.15) is 36.3 Å². The predicted octanol–water partition coefficient (Wildman–Crippen LogP) is 6.24. The second kappa shape index (κ2) is 8.33. The number of hydrogen-bond acceptors (Lipinski definition) is 0. The molecule has 0 aromatic heterocycles. The quantitative estimate of drug-likeness (QED) is 0.592. The number of hydrogen-bond donors (Lipinski definition) is 0. The van der Waals surface area contributed by atoms with Gasteiger partial charge in [-0.15, -0.1) is 0 Å². The lowest BCUT2D eigenvalue weighted by Crippen LogP contribution is -2.01. The van der Waals surface area contributed by atoms with Gasteiger partial charge in [0.2, 0.25) is 0 Å². The predicted molar refractivity (Wildman–Crippen MR) is 99.5 cm³/mol. The van der Waals surface area contributed by atoms with Crippen LogP contribution in [0.15, 0.2) is 96.6 Å². The molecule has 23 heavy (non-hydrogen) atoms. The van der Waals surface area contributed by atoms with Gasteiger partial charge < -0.3 is 0 Å². The van der Waals surface area contributed by atoms with Crippen LogP contribution in [0.25, 0.3) is 0 Å². The van der Waals surface area contributed by atoms with Crippen molar-refractivity contribution in [2.75, 3.05) is 0 Å². The summed E-state index contributed by atoms with van der Waals surface area (Å²) in [4.78, 5) is 0. The molecule has 3 rings (SSSR count). The van der Waals surface area contributed by atoms with Crippen molar-refractivity contribution < 1.29 is 0 Å². The van der Waals surface area contributed by atoms with Crippen LogP contribution in [-0.2, 0) is 6.42 Å². The Labute approximate surface area is 139 Å². The van der Waals surface area contributed by atoms with E-state index in [0.29, 0.717) is 5.92 Å². The molecule has 1 aliphatic carbocycles. The van der Waals surface area contributed by atoms with Crippen LogP contribution in [0.3, 0.4) is 0 Å². The maximum atomic E-state index is 2.42. The largest absolute Gasteiger partial charge is 0.0804 e. The monoisotopic (exact) mass is 300 g/mol. The van der Waals surface area contributed by atoms with Crippen molar-refractivity contribution in [3.8, 4) is 0 Å². The average molecular weight is 300 g/mol. The Morgan fingerprint density at radius 1 is 0.870 bits per heavy atom. The third-order valence-corrected chi connectivity index (χ3v) is 4.47. The molecular weight excluding hydrogens is 276 g/mol. The van der Waals surface area contributed by atoms with Crippen LogP contribution in [-0.4, -0.2) is 0 Å². The van der Waals surface area contributed by atoms with Gasteiger partial charge >= 0.3 is 0 Å². The summed E-state index contributed by atoms with van der Waals surface area (Å²) in [6.45, 7) is 0. The lowest BCUT2D eigenvalue weighted by atomic mass is 9.88. The molecule has 0 aliphatic heterocycles. The first-order valence-electron chi connectivity index (χ1n) is 8.53. The van der Waals surface area contributed by atoms with Crippen LogP contribution in [0.2, 0.25) is 0 Å². The number of allylic oxidation sites excluding steroid dienone is 6. The van der Waals surface area contributed by atoms with Gasteiger partial charge in [0, 0.05) is 0 Å². The fourth-order valence-corrected chi connectivity index (χ4v) is 3.11. The van der Waals surface area contributed by atoms with Crippen LogP contribution >= 0.6 is 0 Å². The van der Waals surface area contributed by atoms with Gasteiger partial charge in [0.1, 0.15) is 0 Å². The molecule has 0 radical (unpaired) electrons. The summed E-state index contributed by atoms with van der Waals surface area (Å²) in [7, 11) is 0. The van der Waals surface area contributed by atoms with Crippen molar-refractivity contribution >= 4 is 0 Å². The molecule has 0 spiro atoms.